The van der Waals surface area contributed by atoms with Crippen LogP contribution in [-0.4, -0.2) is 13.4 Å². The van der Waals surface area contributed by atoms with Crippen molar-refractivity contribution in [1.82, 2.24) is 9.82 Å². The third-order valence-electron chi connectivity index (χ3n) is 2.72. The number of nitrogens with zero attached hydrogens (tertiary/aromatic N) is 1. The number of alkyl halides is 3. The molecule has 0 fully saturated rings. The molecule has 0 saturated carbocycles. The molecule has 24 heavy (non-hydrogen) atoms. The van der Waals surface area contributed by atoms with Gasteiger partial charge in [0.15, 0.2) is 0 Å². The molecule has 1 aromatic carbocycles. The normalized spacial score (nSPS) is 12.5. The topological polar surface area (TPSA) is 71.1 Å². The lowest BCUT2D eigenvalue weighted by Gasteiger charge is -2.08. The summed E-state index contributed by atoms with van der Waals surface area (Å²) in [6.07, 6.45) is -2.58. The fraction of sp³-hybridized carbons (Fsp3) is 0.0714. The van der Waals surface area contributed by atoms with Gasteiger partial charge in [-0.25, -0.2) is 13.4 Å². The van der Waals surface area contributed by atoms with Gasteiger partial charge < -0.3 is 0 Å². The first-order valence-electron chi connectivity index (χ1n) is 6.40. The fourth-order valence-corrected chi connectivity index (χ4v) is 2.31. The molecule has 0 spiro atoms. The fourth-order valence-electron chi connectivity index (χ4n) is 1.53. The molecule has 0 bridgehead atoms. The zero-order valence-electron chi connectivity index (χ0n) is 11.9. The summed E-state index contributed by atoms with van der Waals surface area (Å²) in [5, 5.41) is 1.41. The molecule has 2 N–H and O–H groups in total. The van der Waals surface area contributed by atoms with Crippen LogP contribution in [0.5, 0.6) is 0 Å². The summed E-state index contributed by atoms with van der Waals surface area (Å²) in [6.45, 7) is 0. The van der Waals surface area contributed by atoms with Crippen molar-refractivity contribution in [3.8, 4) is 0 Å². The summed E-state index contributed by atoms with van der Waals surface area (Å²) in [5.41, 5.74) is 1.90. The van der Waals surface area contributed by atoms with Crippen LogP contribution < -0.4 is 10.3 Å². The number of hydrazine groups is 1. The van der Waals surface area contributed by atoms with Crippen molar-refractivity contribution < 1.29 is 21.6 Å². The lowest BCUT2D eigenvalue weighted by Crippen LogP contribution is -2.28. The second-order valence-electron chi connectivity index (χ2n) is 4.56. The molecule has 1 heterocycles. The van der Waals surface area contributed by atoms with E-state index in [0.29, 0.717) is 16.8 Å². The molecule has 0 unspecified atom stereocenters. The lowest BCUT2D eigenvalue weighted by molar-refractivity contribution is -0.137. The summed E-state index contributed by atoms with van der Waals surface area (Å²) >= 11 is 5.72. The van der Waals surface area contributed by atoms with Gasteiger partial charge in [-0.3, -0.25) is 5.43 Å². The molecule has 0 aliphatic carbocycles. The Kier molecular flexibility index (Phi) is 5.47. The van der Waals surface area contributed by atoms with E-state index in [9.17, 15) is 21.6 Å². The number of anilines is 1. The van der Waals surface area contributed by atoms with E-state index in [2.05, 4.69) is 10.4 Å². The van der Waals surface area contributed by atoms with Crippen LogP contribution in [0.3, 0.4) is 0 Å². The smallest absolute Gasteiger partial charge is 0.292 e. The molecule has 5 nitrogen and oxygen atoms in total. The Labute approximate surface area is 141 Å². The first-order valence-corrected chi connectivity index (χ1v) is 8.33. The van der Waals surface area contributed by atoms with E-state index in [0.717, 1.165) is 17.5 Å². The van der Waals surface area contributed by atoms with E-state index in [1.807, 2.05) is 4.83 Å². The van der Waals surface area contributed by atoms with Gasteiger partial charge in [0.25, 0.3) is 10.0 Å². The van der Waals surface area contributed by atoms with Gasteiger partial charge in [-0.2, -0.15) is 13.2 Å². The maximum Gasteiger partial charge on any atom is 0.417 e. The molecule has 2 rings (SSSR count). The van der Waals surface area contributed by atoms with Crippen molar-refractivity contribution in [2.75, 3.05) is 5.43 Å². The van der Waals surface area contributed by atoms with Crippen molar-refractivity contribution in [3.05, 3.63) is 64.2 Å². The van der Waals surface area contributed by atoms with Crippen LogP contribution in [0.4, 0.5) is 19.0 Å². The molecule has 1 aromatic heterocycles. The van der Waals surface area contributed by atoms with Gasteiger partial charge in [-0.15, -0.1) is 4.83 Å². The number of halogens is 4. The number of nitrogens with one attached hydrogen (secondary N) is 2. The number of benzene rings is 1. The SMILES string of the molecule is O=S(=O)(/C=C/c1ccc(Cl)cc1)NNc1ccc(C(F)(F)F)cn1. The van der Waals surface area contributed by atoms with Crippen molar-refractivity contribution in [1.29, 1.82) is 0 Å². The van der Waals surface area contributed by atoms with Crippen LogP contribution >= 0.6 is 11.6 Å². The van der Waals surface area contributed by atoms with Gasteiger partial charge in [0.05, 0.1) is 5.56 Å². The predicted molar refractivity (Wildman–Crippen MR) is 85.4 cm³/mol. The van der Waals surface area contributed by atoms with Crippen molar-refractivity contribution in [3.63, 3.8) is 0 Å². The Morgan fingerprint density at radius 3 is 2.29 bits per heavy atom. The largest absolute Gasteiger partial charge is 0.417 e. The molecule has 128 valence electrons. The molecule has 0 aliphatic rings. The van der Waals surface area contributed by atoms with E-state index in [1.54, 1.807) is 24.3 Å². The average Bonchev–Trinajstić information content (AvgIpc) is 2.52. The molecule has 0 atom stereocenters. The van der Waals surface area contributed by atoms with Crippen LogP contribution in [-0.2, 0) is 16.2 Å². The zero-order chi connectivity index (χ0) is 17.8. The number of hydrogen-bond donors (Lipinski definition) is 2. The predicted octanol–water partition coefficient (Wildman–Crippen LogP) is 3.67. The van der Waals surface area contributed by atoms with E-state index < -0.39 is 21.8 Å². The summed E-state index contributed by atoms with van der Waals surface area (Å²) < 4.78 is 60.7. The maximum absolute atomic E-state index is 12.4. The molecule has 0 amide bonds. The number of aromatic nitrogens is 1. The van der Waals surface area contributed by atoms with Gasteiger partial charge >= 0.3 is 6.18 Å². The highest BCUT2D eigenvalue weighted by atomic mass is 35.5. The van der Waals surface area contributed by atoms with Gasteiger partial charge in [0.2, 0.25) is 0 Å². The summed E-state index contributed by atoms with van der Waals surface area (Å²) in [7, 11) is -3.86. The highest BCUT2D eigenvalue weighted by molar-refractivity contribution is 7.92. The van der Waals surface area contributed by atoms with Gasteiger partial charge in [0.1, 0.15) is 5.82 Å². The number of sulfonamides is 1. The minimum absolute atomic E-state index is 0.0773. The van der Waals surface area contributed by atoms with E-state index >= 15 is 0 Å². The monoisotopic (exact) mass is 377 g/mol. The van der Waals surface area contributed by atoms with E-state index in [4.69, 9.17) is 11.6 Å². The highest BCUT2D eigenvalue weighted by Crippen LogP contribution is 2.28. The molecular weight excluding hydrogens is 367 g/mol. The molecular formula is C14H11ClF3N3O2S. The lowest BCUT2D eigenvalue weighted by atomic mass is 10.2. The Bertz CT molecular complexity index is 820. The Morgan fingerprint density at radius 1 is 1.08 bits per heavy atom. The average molecular weight is 378 g/mol. The third-order valence-corrected chi connectivity index (χ3v) is 3.85. The minimum atomic E-state index is -4.51. The van der Waals surface area contributed by atoms with Crippen LogP contribution in [0.15, 0.2) is 48.0 Å². The third kappa shape index (κ3) is 5.52. The second-order valence-corrected chi connectivity index (χ2v) is 6.56. The Morgan fingerprint density at radius 2 is 1.75 bits per heavy atom. The Balaban J connectivity index is 1.98. The number of hydrogen-bond acceptors (Lipinski definition) is 4. The molecule has 0 saturated heterocycles. The summed E-state index contributed by atoms with van der Waals surface area (Å²) in [4.78, 5) is 5.46. The van der Waals surface area contributed by atoms with Crippen LogP contribution in [0.2, 0.25) is 5.02 Å². The number of pyridine rings is 1. The minimum Gasteiger partial charge on any atom is -0.292 e. The van der Waals surface area contributed by atoms with Gasteiger partial charge in [-0.1, -0.05) is 23.7 Å². The maximum atomic E-state index is 12.4. The first kappa shape index (κ1) is 18.2. The van der Waals surface area contributed by atoms with Crippen molar-refractivity contribution >= 4 is 33.5 Å². The van der Waals surface area contributed by atoms with Crippen molar-refractivity contribution in [2.45, 2.75) is 6.18 Å². The Hall–Kier alpha value is -2.10. The number of rotatable bonds is 5. The molecule has 0 aliphatic heterocycles. The zero-order valence-corrected chi connectivity index (χ0v) is 13.5. The molecule has 2 aromatic rings. The standard InChI is InChI=1S/C14H11ClF3N3O2S/c15-12-4-1-10(2-5-12)7-8-24(22,23)21-20-13-6-3-11(9-19-13)14(16,17)18/h1-9,21H,(H,19,20)/b8-7+. The summed E-state index contributed by atoms with van der Waals surface area (Å²) in [5.74, 6) is -0.0773. The van der Waals surface area contributed by atoms with E-state index in [1.165, 1.54) is 6.08 Å². The summed E-state index contributed by atoms with van der Waals surface area (Å²) in [6, 6.07) is 8.25. The quantitative estimate of drug-likeness (QED) is 0.780. The van der Waals surface area contributed by atoms with Crippen LogP contribution in [0.1, 0.15) is 11.1 Å². The highest BCUT2D eigenvalue weighted by Gasteiger charge is 2.30. The molecule has 10 heteroatoms. The van der Waals surface area contributed by atoms with Crippen LogP contribution in [0, 0.1) is 0 Å². The van der Waals surface area contributed by atoms with Crippen LogP contribution in [0.25, 0.3) is 6.08 Å². The molecule has 0 radical (unpaired) electrons. The second kappa shape index (κ2) is 7.20. The first-order chi connectivity index (χ1) is 11.2. The van der Waals surface area contributed by atoms with E-state index in [-0.39, 0.29) is 5.82 Å². The van der Waals surface area contributed by atoms with Gasteiger partial charge in [-0.05, 0) is 35.9 Å². The van der Waals surface area contributed by atoms with Gasteiger partial charge in [0, 0.05) is 16.6 Å². The van der Waals surface area contributed by atoms with Crippen molar-refractivity contribution in [2.24, 2.45) is 0 Å².